The number of halogens is 2. The Morgan fingerprint density at radius 1 is 1.08 bits per heavy atom. The maximum Gasteiger partial charge on any atom is 0.251 e. The third-order valence-electron chi connectivity index (χ3n) is 5.10. The zero-order valence-corrected chi connectivity index (χ0v) is 14.2. The highest BCUT2D eigenvalue weighted by molar-refractivity contribution is 5.94. The second-order valence-electron chi connectivity index (χ2n) is 6.49. The van der Waals surface area contributed by atoms with E-state index in [1.54, 1.807) is 0 Å². The molecule has 1 aromatic rings. The van der Waals surface area contributed by atoms with Crippen molar-refractivity contribution in [1.29, 1.82) is 0 Å². The Kier molecular flexibility index (Phi) is 6.18. The first-order valence-electron chi connectivity index (χ1n) is 8.13. The molecule has 2 fully saturated rings. The Morgan fingerprint density at radius 2 is 1.71 bits per heavy atom. The lowest BCUT2D eigenvalue weighted by Gasteiger charge is -2.27. The van der Waals surface area contributed by atoms with Crippen LogP contribution < -0.4 is 16.4 Å². The van der Waals surface area contributed by atoms with Crippen LogP contribution in [0.5, 0.6) is 0 Å². The second-order valence-corrected chi connectivity index (χ2v) is 6.49. The molecule has 2 bridgehead atoms. The van der Waals surface area contributed by atoms with Crippen LogP contribution in [0.1, 0.15) is 29.6 Å². The van der Waals surface area contributed by atoms with Gasteiger partial charge in [-0.3, -0.25) is 9.59 Å². The molecule has 2 amide bonds. The fraction of sp³-hybridized carbons (Fsp3) is 0.529. The maximum atomic E-state index is 12.8. The molecule has 0 aliphatic heterocycles. The summed E-state index contributed by atoms with van der Waals surface area (Å²) < 4.78 is 12.8. The minimum absolute atomic E-state index is 0. The molecular formula is C17H23ClFN3O2. The highest BCUT2D eigenvalue weighted by Gasteiger charge is 2.48. The highest BCUT2D eigenvalue weighted by atomic mass is 35.5. The van der Waals surface area contributed by atoms with Crippen LogP contribution in [0.15, 0.2) is 24.3 Å². The first-order valence-corrected chi connectivity index (χ1v) is 8.13. The van der Waals surface area contributed by atoms with Gasteiger partial charge < -0.3 is 16.4 Å². The molecular weight excluding hydrogens is 333 g/mol. The van der Waals surface area contributed by atoms with Gasteiger partial charge in [-0.05, 0) is 55.4 Å². The van der Waals surface area contributed by atoms with Crippen molar-refractivity contribution >= 4 is 24.2 Å². The largest absolute Gasteiger partial charge is 0.354 e. The monoisotopic (exact) mass is 355 g/mol. The second kappa shape index (κ2) is 7.94. The van der Waals surface area contributed by atoms with Crippen LogP contribution in [0.4, 0.5) is 4.39 Å². The first-order chi connectivity index (χ1) is 11.1. The van der Waals surface area contributed by atoms with Gasteiger partial charge in [-0.1, -0.05) is 0 Å². The molecule has 5 nitrogen and oxygen atoms in total. The summed E-state index contributed by atoms with van der Waals surface area (Å²) in [6.07, 6.45) is 3.31. The lowest BCUT2D eigenvalue weighted by atomic mass is 9.84. The molecule has 3 rings (SSSR count). The van der Waals surface area contributed by atoms with E-state index in [1.165, 1.54) is 24.3 Å². The zero-order chi connectivity index (χ0) is 16.4. The molecule has 0 saturated heterocycles. The number of benzene rings is 1. The van der Waals surface area contributed by atoms with Crippen LogP contribution in [0.3, 0.4) is 0 Å². The van der Waals surface area contributed by atoms with Crippen LogP contribution in [0.25, 0.3) is 0 Å². The van der Waals surface area contributed by atoms with Crippen molar-refractivity contribution in [3.05, 3.63) is 35.6 Å². The molecule has 0 spiro atoms. The quantitative estimate of drug-likeness (QED) is 0.699. The van der Waals surface area contributed by atoms with Crippen LogP contribution in [0.2, 0.25) is 0 Å². The Balaban J connectivity index is 0.00000208. The molecule has 4 unspecified atom stereocenters. The topological polar surface area (TPSA) is 84.2 Å². The number of fused-ring (bicyclic) bond motifs is 2. The van der Waals surface area contributed by atoms with Crippen LogP contribution in [0, 0.1) is 23.6 Å². The Bertz CT molecular complexity index is 594. The van der Waals surface area contributed by atoms with Gasteiger partial charge in [-0.15, -0.1) is 12.4 Å². The molecule has 0 radical (unpaired) electrons. The Morgan fingerprint density at radius 3 is 2.33 bits per heavy atom. The number of hydrogen-bond donors (Lipinski definition) is 3. The fourth-order valence-corrected chi connectivity index (χ4v) is 3.91. The van der Waals surface area contributed by atoms with Gasteiger partial charge >= 0.3 is 0 Å². The van der Waals surface area contributed by atoms with E-state index in [9.17, 15) is 14.0 Å². The maximum absolute atomic E-state index is 12.8. The number of carbonyl (C=O) groups excluding carboxylic acids is 2. The van der Waals surface area contributed by atoms with Crippen molar-refractivity contribution in [2.45, 2.75) is 25.3 Å². The number of nitrogens with one attached hydrogen (secondary N) is 2. The lowest BCUT2D eigenvalue weighted by Crippen LogP contribution is -2.46. The van der Waals surface area contributed by atoms with Gasteiger partial charge in [0, 0.05) is 24.7 Å². The summed E-state index contributed by atoms with van der Waals surface area (Å²) >= 11 is 0. The van der Waals surface area contributed by atoms with Crippen LogP contribution >= 0.6 is 12.4 Å². The number of nitrogens with two attached hydrogens (primary N) is 1. The summed E-state index contributed by atoms with van der Waals surface area (Å²) in [6, 6.07) is 5.32. The molecule has 132 valence electrons. The third kappa shape index (κ3) is 3.87. The van der Waals surface area contributed by atoms with E-state index in [0.29, 0.717) is 30.5 Å². The minimum Gasteiger partial charge on any atom is -0.354 e. The van der Waals surface area contributed by atoms with Crippen molar-refractivity contribution in [1.82, 2.24) is 10.6 Å². The summed E-state index contributed by atoms with van der Waals surface area (Å²) in [5.41, 5.74) is 6.54. The molecule has 7 heteroatoms. The van der Waals surface area contributed by atoms with Crippen molar-refractivity contribution in [2.75, 3.05) is 13.1 Å². The van der Waals surface area contributed by atoms with E-state index in [-0.39, 0.29) is 42.0 Å². The number of amides is 2. The van der Waals surface area contributed by atoms with E-state index < -0.39 is 0 Å². The summed E-state index contributed by atoms with van der Waals surface area (Å²) in [5, 5.41) is 5.56. The van der Waals surface area contributed by atoms with Crippen molar-refractivity contribution in [3.63, 3.8) is 0 Å². The molecule has 0 heterocycles. The molecule has 24 heavy (non-hydrogen) atoms. The van der Waals surface area contributed by atoms with Gasteiger partial charge in [0.05, 0.1) is 5.92 Å². The molecule has 4 atom stereocenters. The Labute approximate surface area is 147 Å². The summed E-state index contributed by atoms with van der Waals surface area (Å²) in [6.45, 7) is 0.699. The Hall–Kier alpha value is -1.66. The predicted octanol–water partition coefficient (Wildman–Crippen LogP) is 1.47. The van der Waals surface area contributed by atoms with E-state index in [1.807, 2.05) is 0 Å². The van der Waals surface area contributed by atoms with Gasteiger partial charge in [-0.2, -0.15) is 0 Å². The van der Waals surface area contributed by atoms with E-state index in [4.69, 9.17) is 5.73 Å². The summed E-state index contributed by atoms with van der Waals surface area (Å²) in [7, 11) is 0. The average Bonchev–Trinajstić information content (AvgIpc) is 3.12. The fourth-order valence-electron chi connectivity index (χ4n) is 3.91. The third-order valence-corrected chi connectivity index (χ3v) is 5.10. The van der Waals surface area contributed by atoms with Gasteiger partial charge in [0.25, 0.3) is 5.91 Å². The van der Waals surface area contributed by atoms with E-state index >= 15 is 0 Å². The summed E-state index contributed by atoms with van der Waals surface area (Å²) in [5.74, 6) is 0.173. The van der Waals surface area contributed by atoms with Crippen molar-refractivity contribution < 1.29 is 14.0 Å². The average molecular weight is 356 g/mol. The minimum atomic E-state index is -0.379. The lowest BCUT2D eigenvalue weighted by molar-refractivity contribution is -0.127. The van der Waals surface area contributed by atoms with Gasteiger partial charge in [0.1, 0.15) is 5.82 Å². The molecule has 4 N–H and O–H groups in total. The van der Waals surface area contributed by atoms with Crippen LogP contribution in [-0.4, -0.2) is 30.9 Å². The smallest absolute Gasteiger partial charge is 0.251 e. The summed E-state index contributed by atoms with van der Waals surface area (Å²) in [4.78, 5) is 24.1. The molecule has 2 aliphatic rings. The van der Waals surface area contributed by atoms with E-state index in [2.05, 4.69) is 10.6 Å². The normalized spacial score (nSPS) is 27.4. The molecule has 2 saturated carbocycles. The number of carbonyl (C=O) groups is 2. The van der Waals surface area contributed by atoms with Gasteiger partial charge in [-0.25, -0.2) is 4.39 Å². The predicted molar refractivity (Wildman–Crippen MR) is 91.3 cm³/mol. The SMILES string of the molecule is Cl.NC1C2CCC(C2)C1C(=O)NCCNC(=O)c1ccc(F)cc1. The molecule has 2 aliphatic carbocycles. The van der Waals surface area contributed by atoms with Gasteiger partial charge in [0.15, 0.2) is 0 Å². The zero-order valence-electron chi connectivity index (χ0n) is 13.3. The molecule has 0 aromatic heterocycles. The standard InChI is InChI=1S/C17H22FN3O2.ClH/c18-13-5-3-10(4-6-13)16(22)20-7-8-21-17(23)14-11-1-2-12(9-11)15(14)19;/h3-6,11-12,14-15H,1-2,7-9,19H2,(H,20,22)(H,21,23);1H. The van der Waals surface area contributed by atoms with Crippen molar-refractivity contribution in [3.8, 4) is 0 Å². The number of hydrogen-bond acceptors (Lipinski definition) is 3. The highest BCUT2D eigenvalue weighted by Crippen LogP contribution is 2.47. The van der Waals surface area contributed by atoms with Crippen molar-refractivity contribution in [2.24, 2.45) is 23.5 Å². The number of rotatable bonds is 5. The van der Waals surface area contributed by atoms with Crippen LogP contribution in [-0.2, 0) is 4.79 Å². The molecule has 1 aromatic carbocycles. The first kappa shape index (κ1) is 18.7. The van der Waals surface area contributed by atoms with Gasteiger partial charge in [0.2, 0.25) is 5.91 Å². The van der Waals surface area contributed by atoms with E-state index in [0.717, 1.165) is 19.3 Å².